The molecule has 1 N–H and O–H groups in total. The van der Waals surface area contributed by atoms with Gasteiger partial charge in [0.25, 0.3) is 0 Å². The quantitative estimate of drug-likeness (QED) is 0.737. The number of hydrogen-bond acceptors (Lipinski definition) is 1. The van der Waals surface area contributed by atoms with Gasteiger partial charge >= 0.3 is 0 Å². The second kappa shape index (κ2) is 4.07. The Balaban J connectivity index is 0.000000845. The Kier molecular flexibility index (Phi) is 3.28. The number of hydrogen-bond donors (Lipinski definition) is 1. The molecule has 1 aromatic carbocycles. The molecule has 1 nitrogen and oxygen atoms in total. The Bertz CT molecular complexity index is 297. The summed E-state index contributed by atoms with van der Waals surface area (Å²) in [6.45, 7) is 3.00. The van der Waals surface area contributed by atoms with Crippen LogP contribution in [0.3, 0.4) is 0 Å². The van der Waals surface area contributed by atoms with Crippen LogP contribution in [0.25, 0.3) is 0 Å². The summed E-state index contributed by atoms with van der Waals surface area (Å²) in [5.74, 6) is -0.0854. The summed E-state index contributed by atoms with van der Waals surface area (Å²) in [7, 11) is 0. The summed E-state index contributed by atoms with van der Waals surface area (Å²) in [5, 5.41) is 3.19. The van der Waals surface area contributed by atoms with Crippen molar-refractivity contribution in [2.75, 3.05) is 6.54 Å². The van der Waals surface area contributed by atoms with Crippen molar-refractivity contribution in [1.82, 2.24) is 5.32 Å². The van der Waals surface area contributed by atoms with Crippen molar-refractivity contribution < 1.29 is 4.39 Å². The Morgan fingerprint density at radius 1 is 1.46 bits per heavy atom. The standard InChI is InChI=1S/C10H12FN.ClH/c1-7-2-3-9(11)8(6-7)10-4-5-12-10;/h2-3,6,10,12H,4-5H2,1H3;1H/t10-;/m0./s1. The number of benzene rings is 1. The second-order valence-electron chi connectivity index (χ2n) is 3.32. The Labute approximate surface area is 83.8 Å². The molecule has 1 aliphatic rings. The van der Waals surface area contributed by atoms with Crippen LogP contribution in [-0.4, -0.2) is 6.54 Å². The van der Waals surface area contributed by atoms with Gasteiger partial charge in [-0.05, 0) is 26.0 Å². The van der Waals surface area contributed by atoms with E-state index < -0.39 is 0 Å². The minimum atomic E-state index is -0.0854. The molecule has 0 amide bonds. The highest BCUT2D eigenvalue weighted by atomic mass is 35.5. The highest BCUT2D eigenvalue weighted by Crippen LogP contribution is 2.25. The van der Waals surface area contributed by atoms with Crippen molar-refractivity contribution in [3.8, 4) is 0 Å². The van der Waals surface area contributed by atoms with E-state index in [0.717, 1.165) is 24.1 Å². The highest BCUT2D eigenvalue weighted by molar-refractivity contribution is 5.85. The van der Waals surface area contributed by atoms with Crippen molar-refractivity contribution in [3.63, 3.8) is 0 Å². The number of nitrogens with one attached hydrogen (secondary N) is 1. The molecule has 72 valence electrons. The van der Waals surface area contributed by atoms with Crippen molar-refractivity contribution >= 4 is 12.4 Å². The first-order valence-electron chi connectivity index (χ1n) is 4.27. The lowest BCUT2D eigenvalue weighted by Crippen LogP contribution is -2.35. The zero-order valence-corrected chi connectivity index (χ0v) is 8.33. The smallest absolute Gasteiger partial charge is 0.127 e. The molecule has 0 aromatic heterocycles. The molecule has 1 atom stereocenters. The van der Waals surface area contributed by atoms with Crippen molar-refractivity contribution in [2.24, 2.45) is 0 Å². The normalized spacial score (nSPS) is 20.3. The van der Waals surface area contributed by atoms with Crippen LogP contribution in [0.2, 0.25) is 0 Å². The number of aryl methyl sites for hydroxylation is 1. The largest absolute Gasteiger partial charge is 0.310 e. The van der Waals surface area contributed by atoms with E-state index in [9.17, 15) is 4.39 Å². The second-order valence-corrected chi connectivity index (χ2v) is 3.32. The third-order valence-corrected chi connectivity index (χ3v) is 2.35. The van der Waals surface area contributed by atoms with Crippen molar-refractivity contribution in [1.29, 1.82) is 0 Å². The average molecular weight is 202 g/mol. The predicted octanol–water partition coefficient (Wildman–Crippen LogP) is 2.59. The minimum absolute atomic E-state index is 0. The molecule has 0 unspecified atom stereocenters. The topological polar surface area (TPSA) is 12.0 Å². The summed E-state index contributed by atoms with van der Waals surface area (Å²) in [4.78, 5) is 0. The van der Waals surface area contributed by atoms with Crippen LogP contribution in [0.4, 0.5) is 4.39 Å². The van der Waals surface area contributed by atoms with Gasteiger partial charge in [0.1, 0.15) is 5.82 Å². The van der Waals surface area contributed by atoms with Gasteiger partial charge in [-0.25, -0.2) is 4.39 Å². The van der Waals surface area contributed by atoms with Crippen LogP contribution in [0.15, 0.2) is 18.2 Å². The molecule has 0 radical (unpaired) electrons. The van der Waals surface area contributed by atoms with Gasteiger partial charge in [0.15, 0.2) is 0 Å². The van der Waals surface area contributed by atoms with Gasteiger partial charge in [-0.3, -0.25) is 0 Å². The van der Waals surface area contributed by atoms with E-state index in [1.807, 2.05) is 13.0 Å². The predicted molar refractivity (Wildman–Crippen MR) is 53.7 cm³/mol. The highest BCUT2D eigenvalue weighted by Gasteiger charge is 2.21. The van der Waals surface area contributed by atoms with Crippen LogP contribution < -0.4 is 5.32 Å². The molecular formula is C10H13ClFN. The molecule has 0 aliphatic carbocycles. The molecule has 1 aliphatic heterocycles. The SMILES string of the molecule is Cc1ccc(F)c([C@@H]2CCN2)c1.Cl. The maximum atomic E-state index is 13.2. The molecule has 0 spiro atoms. The number of rotatable bonds is 1. The lowest BCUT2D eigenvalue weighted by molar-refractivity contribution is 0.370. The van der Waals surface area contributed by atoms with Gasteiger partial charge < -0.3 is 5.32 Å². The lowest BCUT2D eigenvalue weighted by atomic mass is 9.96. The lowest BCUT2D eigenvalue weighted by Gasteiger charge is -2.28. The third kappa shape index (κ3) is 2.01. The van der Waals surface area contributed by atoms with Crippen LogP contribution in [0, 0.1) is 12.7 Å². The molecule has 1 aromatic rings. The molecule has 1 saturated heterocycles. The van der Waals surface area contributed by atoms with E-state index in [2.05, 4.69) is 5.32 Å². The van der Waals surface area contributed by atoms with E-state index in [0.29, 0.717) is 0 Å². The fraction of sp³-hybridized carbons (Fsp3) is 0.400. The zero-order chi connectivity index (χ0) is 8.55. The van der Waals surface area contributed by atoms with Crippen LogP contribution >= 0.6 is 12.4 Å². The van der Waals surface area contributed by atoms with E-state index in [1.54, 1.807) is 12.1 Å². The molecule has 13 heavy (non-hydrogen) atoms. The van der Waals surface area contributed by atoms with E-state index in [1.165, 1.54) is 0 Å². The Morgan fingerprint density at radius 2 is 2.15 bits per heavy atom. The van der Waals surface area contributed by atoms with Crippen molar-refractivity contribution in [3.05, 3.63) is 35.1 Å². The van der Waals surface area contributed by atoms with Gasteiger partial charge in [-0.15, -0.1) is 12.4 Å². The molecule has 1 fully saturated rings. The number of halogens is 2. The van der Waals surface area contributed by atoms with Crippen LogP contribution in [0.5, 0.6) is 0 Å². The summed E-state index contributed by atoms with van der Waals surface area (Å²) in [6.07, 6.45) is 1.06. The van der Waals surface area contributed by atoms with E-state index in [4.69, 9.17) is 0 Å². The average Bonchev–Trinajstić information content (AvgIpc) is 1.93. The zero-order valence-electron chi connectivity index (χ0n) is 7.51. The van der Waals surface area contributed by atoms with E-state index in [-0.39, 0.29) is 24.3 Å². The first-order chi connectivity index (χ1) is 5.77. The summed E-state index contributed by atoms with van der Waals surface area (Å²) >= 11 is 0. The maximum Gasteiger partial charge on any atom is 0.127 e. The summed E-state index contributed by atoms with van der Waals surface area (Å²) in [6, 6.07) is 5.53. The fourth-order valence-corrected chi connectivity index (χ4v) is 1.48. The van der Waals surface area contributed by atoms with Crippen molar-refractivity contribution in [2.45, 2.75) is 19.4 Å². The molecule has 2 rings (SSSR count). The van der Waals surface area contributed by atoms with Gasteiger partial charge in [0.2, 0.25) is 0 Å². The van der Waals surface area contributed by atoms with Crippen LogP contribution in [-0.2, 0) is 0 Å². The molecule has 0 saturated carbocycles. The first-order valence-corrected chi connectivity index (χ1v) is 4.27. The van der Waals surface area contributed by atoms with E-state index >= 15 is 0 Å². The van der Waals surface area contributed by atoms with Gasteiger partial charge in [0, 0.05) is 11.6 Å². The summed E-state index contributed by atoms with van der Waals surface area (Å²) < 4.78 is 13.2. The van der Waals surface area contributed by atoms with Crippen LogP contribution in [0.1, 0.15) is 23.6 Å². The maximum absolute atomic E-state index is 13.2. The Hall–Kier alpha value is -0.600. The monoisotopic (exact) mass is 201 g/mol. The fourth-order valence-electron chi connectivity index (χ4n) is 1.48. The van der Waals surface area contributed by atoms with Gasteiger partial charge in [-0.1, -0.05) is 17.7 Å². The molecule has 0 bridgehead atoms. The minimum Gasteiger partial charge on any atom is -0.310 e. The first kappa shape index (κ1) is 10.5. The van der Waals surface area contributed by atoms with Gasteiger partial charge in [0.05, 0.1) is 0 Å². The molecule has 3 heteroatoms. The molecular weight excluding hydrogens is 189 g/mol. The molecule has 1 heterocycles. The third-order valence-electron chi connectivity index (χ3n) is 2.35. The Morgan fingerprint density at radius 3 is 2.69 bits per heavy atom. The summed E-state index contributed by atoms with van der Waals surface area (Å²) in [5.41, 5.74) is 1.95. The van der Waals surface area contributed by atoms with Gasteiger partial charge in [-0.2, -0.15) is 0 Å².